The Morgan fingerprint density at radius 1 is 1.35 bits per heavy atom. The number of halogens is 4. The molecule has 114 valence electrons. The van der Waals surface area contributed by atoms with E-state index in [0.717, 1.165) is 6.54 Å². The van der Waals surface area contributed by atoms with Crippen LogP contribution in [-0.4, -0.2) is 32.2 Å². The molecule has 0 aliphatic carbocycles. The zero-order valence-electron chi connectivity index (χ0n) is 11.3. The van der Waals surface area contributed by atoms with Crippen LogP contribution in [0.1, 0.15) is 18.9 Å². The summed E-state index contributed by atoms with van der Waals surface area (Å²) in [5, 5.41) is 3.72. The fourth-order valence-corrected chi connectivity index (χ4v) is 2.12. The highest BCUT2D eigenvalue weighted by Gasteiger charge is 2.12. The second-order valence-electron chi connectivity index (χ2n) is 4.45. The van der Waals surface area contributed by atoms with Crippen LogP contribution in [0.4, 0.5) is 13.2 Å². The Balaban J connectivity index is 2.51. The van der Waals surface area contributed by atoms with Gasteiger partial charge in [0, 0.05) is 17.7 Å². The molecular formula is C14H19ClF3NO. The fraction of sp³-hybridized carbons (Fsp3) is 0.571. The molecule has 1 aromatic rings. The van der Waals surface area contributed by atoms with Crippen molar-refractivity contribution in [1.29, 1.82) is 0 Å². The van der Waals surface area contributed by atoms with E-state index in [1.807, 2.05) is 6.92 Å². The normalized spacial score (nSPS) is 12.9. The number of ether oxygens (including phenoxy) is 1. The van der Waals surface area contributed by atoms with Crippen molar-refractivity contribution in [2.24, 2.45) is 0 Å². The molecule has 20 heavy (non-hydrogen) atoms. The zero-order valence-corrected chi connectivity index (χ0v) is 12.1. The molecule has 0 aliphatic heterocycles. The summed E-state index contributed by atoms with van der Waals surface area (Å²) in [4.78, 5) is 0. The smallest absolute Gasteiger partial charge is 0.261 e. The van der Waals surface area contributed by atoms with E-state index in [-0.39, 0.29) is 18.5 Å². The second-order valence-corrected chi connectivity index (χ2v) is 4.86. The average molecular weight is 310 g/mol. The molecule has 0 bridgehead atoms. The molecule has 1 N–H and O–H groups in total. The molecule has 1 aromatic carbocycles. The van der Waals surface area contributed by atoms with Crippen LogP contribution in [-0.2, 0) is 11.2 Å². The first-order valence-electron chi connectivity index (χ1n) is 6.56. The SMILES string of the molecule is CCNC(CCOCC(F)F)Cc1cc(F)ccc1Cl. The van der Waals surface area contributed by atoms with Crippen molar-refractivity contribution in [2.75, 3.05) is 19.8 Å². The zero-order chi connectivity index (χ0) is 15.0. The summed E-state index contributed by atoms with van der Waals surface area (Å²) >= 11 is 6.02. The summed E-state index contributed by atoms with van der Waals surface area (Å²) in [5.41, 5.74) is 0.700. The third-order valence-corrected chi connectivity index (χ3v) is 3.19. The maximum absolute atomic E-state index is 13.2. The minimum Gasteiger partial charge on any atom is -0.375 e. The van der Waals surface area contributed by atoms with E-state index >= 15 is 0 Å². The lowest BCUT2D eigenvalue weighted by Crippen LogP contribution is -2.32. The van der Waals surface area contributed by atoms with Gasteiger partial charge in [-0.05, 0) is 43.1 Å². The van der Waals surface area contributed by atoms with Gasteiger partial charge < -0.3 is 10.1 Å². The van der Waals surface area contributed by atoms with Gasteiger partial charge in [0.1, 0.15) is 12.4 Å². The van der Waals surface area contributed by atoms with Crippen LogP contribution in [0.25, 0.3) is 0 Å². The number of hydrogen-bond acceptors (Lipinski definition) is 2. The summed E-state index contributed by atoms with van der Waals surface area (Å²) in [7, 11) is 0. The van der Waals surface area contributed by atoms with Gasteiger partial charge in [0.15, 0.2) is 0 Å². The van der Waals surface area contributed by atoms with Crippen molar-refractivity contribution in [3.05, 3.63) is 34.6 Å². The summed E-state index contributed by atoms with van der Waals surface area (Å²) in [5.74, 6) is -0.339. The van der Waals surface area contributed by atoms with Crippen LogP contribution in [0.5, 0.6) is 0 Å². The van der Waals surface area contributed by atoms with E-state index in [1.54, 1.807) is 0 Å². The van der Waals surface area contributed by atoms with Gasteiger partial charge in [-0.15, -0.1) is 0 Å². The van der Waals surface area contributed by atoms with Crippen molar-refractivity contribution in [2.45, 2.75) is 32.2 Å². The molecule has 0 aliphatic rings. The molecule has 0 radical (unpaired) electrons. The molecule has 0 spiro atoms. The van der Waals surface area contributed by atoms with Crippen molar-refractivity contribution in [3.63, 3.8) is 0 Å². The van der Waals surface area contributed by atoms with Gasteiger partial charge in [0.25, 0.3) is 6.43 Å². The number of benzene rings is 1. The molecule has 2 nitrogen and oxygen atoms in total. The molecule has 0 saturated carbocycles. The molecule has 0 heterocycles. The first kappa shape index (κ1) is 17.3. The largest absolute Gasteiger partial charge is 0.375 e. The predicted octanol–water partition coefficient (Wildman–Crippen LogP) is 3.67. The van der Waals surface area contributed by atoms with Gasteiger partial charge in [-0.2, -0.15) is 0 Å². The van der Waals surface area contributed by atoms with Crippen molar-refractivity contribution in [1.82, 2.24) is 5.32 Å². The van der Waals surface area contributed by atoms with Crippen LogP contribution in [0.3, 0.4) is 0 Å². The van der Waals surface area contributed by atoms with E-state index in [9.17, 15) is 13.2 Å². The number of hydrogen-bond donors (Lipinski definition) is 1. The van der Waals surface area contributed by atoms with E-state index in [1.165, 1.54) is 18.2 Å². The highest BCUT2D eigenvalue weighted by Crippen LogP contribution is 2.19. The summed E-state index contributed by atoms with van der Waals surface area (Å²) in [6, 6.07) is 4.23. The molecule has 1 atom stereocenters. The number of likely N-dealkylation sites (N-methyl/N-ethyl adjacent to an activating group) is 1. The molecule has 0 aromatic heterocycles. The monoisotopic (exact) mass is 309 g/mol. The molecule has 0 saturated heterocycles. The lowest BCUT2D eigenvalue weighted by Gasteiger charge is -2.18. The minimum atomic E-state index is -2.45. The van der Waals surface area contributed by atoms with Crippen molar-refractivity contribution < 1.29 is 17.9 Å². The molecule has 1 rings (SSSR count). The molecule has 0 amide bonds. The standard InChI is InChI=1S/C14H19ClF3NO/c1-2-19-12(5-6-20-9-14(17)18)8-10-7-11(16)3-4-13(10)15/h3-4,7,12,14,19H,2,5-6,8-9H2,1H3. The summed E-state index contributed by atoms with van der Waals surface area (Å²) in [6.07, 6.45) is -1.36. The second kappa shape index (κ2) is 9.21. The van der Waals surface area contributed by atoms with Crippen molar-refractivity contribution in [3.8, 4) is 0 Å². The lowest BCUT2D eigenvalue weighted by atomic mass is 10.0. The van der Waals surface area contributed by atoms with E-state index < -0.39 is 13.0 Å². The minimum absolute atomic E-state index is 0.0111. The van der Waals surface area contributed by atoms with Crippen LogP contribution in [0, 0.1) is 5.82 Å². The van der Waals surface area contributed by atoms with Gasteiger partial charge in [-0.1, -0.05) is 18.5 Å². The third kappa shape index (κ3) is 6.59. The Kier molecular flexibility index (Phi) is 7.95. The van der Waals surface area contributed by atoms with Gasteiger partial charge in [-0.25, -0.2) is 13.2 Å². The molecule has 6 heteroatoms. The van der Waals surface area contributed by atoms with Gasteiger partial charge >= 0.3 is 0 Å². The maximum atomic E-state index is 13.2. The van der Waals surface area contributed by atoms with Crippen LogP contribution in [0.15, 0.2) is 18.2 Å². The van der Waals surface area contributed by atoms with Crippen LogP contribution in [0.2, 0.25) is 5.02 Å². The van der Waals surface area contributed by atoms with Crippen LogP contribution >= 0.6 is 11.6 Å². The Morgan fingerprint density at radius 3 is 2.75 bits per heavy atom. The maximum Gasteiger partial charge on any atom is 0.261 e. The topological polar surface area (TPSA) is 21.3 Å². The lowest BCUT2D eigenvalue weighted by molar-refractivity contribution is 0.0144. The van der Waals surface area contributed by atoms with Crippen LogP contribution < -0.4 is 5.32 Å². The summed E-state index contributed by atoms with van der Waals surface area (Å²) in [6.45, 7) is 2.35. The highest BCUT2D eigenvalue weighted by molar-refractivity contribution is 6.31. The Hall–Kier alpha value is -0.780. The van der Waals surface area contributed by atoms with E-state index in [2.05, 4.69) is 5.32 Å². The fourth-order valence-electron chi connectivity index (χ4n) is 1.93. The first-order chi connectivity index (χ1) is 9.52. The number of rotatable bonds is 9. The van der Waals surface area contributed by atoms with E-state index in [4.69, 9.17) is 16.3 Å². The Bertz CT molecular complexity index is 404. The average Bonchev–Trinajstić information content (AvgIpc) is 2.39. The Labute approximate surface area is 122 Å². The molecule has 0 fully saturated rings. The predicted molar refractivity (Wildman–Crippen MR) is 74.0 cm³/mol. The van der Waals surface area contributed by atoms with E-state index in [0.29, 0.717) is 23.4 Å². The first-order valence-corrected chi connectivity index (χ1v) is 6.94. The molecular weight excluding hydrogens is 291 g/mol. The van der Waals surface area contributed by atoms with Gasteiger partial charge in [-0.3, -0.25) is 0 Å². The van der Waals surface area contributed by atoms with Gasteiger partial charge in [0.05, 0.1) is 0 Å². The Morgan fingerprint density at radius 2 is 2.10 bits per heavy atom. The third-order valence-electron chi connectivity index (χ3n) is 2.82. The summed E-state index contributed by atoms with van der Waals surface area (Å²) < 4.78 is 42.0. The quantitative estimate of drug-likeness (QED) is 0.703. The number of alkyl halides is 2. The highest BCUT2D eigenvalue weighted by atomic mass is 35.5. The number of nitrogens with one attached hydrogen (secondary N) is 1. The molecule has 1 unspecified atom stereocenters. The van der Waals surface area contributed by atoms with Gasteiger partial charge in [0.2, 0.25) is 0 Å². The van der Waals surface area contributed by atoms with Crippen molar-refractivity contribution >= 4 is 11.6 Å².